The van der Waals surface area contributed by atoms with Crippen LogP contribution in [0.25, 0.3) is 0 Å². The SMILES string of the molecule is CC[N+](CC)=C1C([Si](C)(C)C)=C(SC)C1(C)[Si](C)(C)C.F[B-](F)(F)F. The van der Waals surface area contributed by atoms with Gasteiger partial charge in [-0.2, -0.15) is 0 Å². The Morgan fingerprint density at radius 2 is 1.32 bits per heavy atom. The molecule has 0 aliphatic heterocycles. The average molecular weight is 415 g/mol. The highest BCUT2D eigenvalue weighted by Gasteiger charge is 2.62. The second-order valence-corrected chi connectivity index (χ2v) is 19.9. The van der Waals surface area contributed by atoms with Crippen LogP contribution in [0.5, 0.6) is 0 Å². The van der Waals surface area contributed by atoms with Crippen LogP contribution in [0.1, 0.15) is 20.8 Å². The lowest BCUT2D eigenvalue weighted by Gasteiger charge is -2.52. The van der Waals surface area contributed by atoms with Gasteiger partial charge in [-0.3, -0.25) is 0 Å². The summed E-state index contributed by atoms with van der Waals surface area (Å²) in [6.07, 6.45) is 2.28. The number of hydrogen-bond acceptors (Lipinski definition) is 1. The summed E-state index contributed by atoms with van der Waals surface area (Å²) in [5.41, 5.74) is 1.71. The van der Waals surface area contributed by atoms with Gasteiger partial charge in [0.05, 0.1) is 21.2 Å². The lowest BCUT2D eigenvalue weighted by atomic mass is 9.90. The Balaban J connectivity index is 0.00000101. The van der Waals surface area contributed by atoms with Gasteiger partial charge in [-0.05, 0) is 27.0 Å². The maximum atomic E-state index is 9.75. The maximum absolute atomic E-state index is 9.75. The standard InChI is InChI=1S/C16H34NSSi2.BF4/c1-11-17(12-2)14-13(19(5,6)7)15(18-4)16(14,3)20(8,9)10;2-1(3,4)5/h11-12H2,1-10H3;/q+1;-1. The van der Waals surface area contributed by atoms with Crippen molar-refractivity contribution in [3.8, 4) is 0 Å². The summed E-state index contributed by atoms with van der Waals surface area (Å²) in [4.78, 5) is 1.72. The van der Waals surface area contributed by atoms with Gasteiger partial charge in [0.15, 0.2) is 5.71 Å². The van der Waals surface area contributed by atoms with Crippen LogP contribution in [0.4, 0.5) is 17.3 Å². The highest BCUT2D eigenvalue weighted by atomic mass is 32.2. The summed E-state index contributed by atoms with van der Waals surface area (Å²) < 4.78 is 41.6. The van der Waals surface area contributed by atoms with Crippen molar-refractivity contribution >= 4 is 40.9 Å². The molecular weight excluding hydrogens is 381 g/mol. The number of rotatable bonds is 5. The van der Waals surface area contributed by atoms with Crippen molar-refractivity contribution in [1.82, 2.24) is 0 Å². The molecular formula is C16H34BF4NSSi2. The molecule has 0 spiro atoms. The summed E-state index contributed by atoms with van der Waals surface area (Å²) in [6.45, 7) is 24.5. The van der Waals surface area contributed by atoms with Gasteiger partial charge in [0.1, 0.15) is 13.1 Å². The summed E-state index contributed by atoms with van der Waals surface area (Å²) in [7, 11) is -8.58. The molecule has 0 fully saturated rings. The van der Waals surface area contributed by atoms with Gasteiger partial charge in [-0.25, -0.2) is 4.58 Å². The van der Waals surface area contributed by atoms with E-state index in [1.165, 1.54) is 0 Å². The third kappa shape index (κ3) is 5.73. The summed E-state index contributed by atoms with van der Waals surface area (Å²) >= 11 is 2.02. The molecule has 0 N–H and O–H groups in total. The first-order chi connectivity index (χ1) is 11.0. The molecule has 1 aliphatic rings. The zero-order chi connectivity index (χ0) is 20.4. The second kappa shape index (κ2) is 8.33. The predicted molar refractivity (Wildman–Crippen MR) is 112 cm³/mol. The number of nitrogens with zero attached hydrogens (tertiary/aromatic N) is 1. The topological polar surface area (TPSA) is 3.01 Å². The molecule has 0 heterocycles. The molecule has 1 aliphatic carbocycles. The van der Waals surface area contributed by atoms with E-state index in [-0.39, 0.29) is 0 Å². The first-order valence-electron chi connectivity index (χ1n) is 8.76. The smallest absolute Gasteiger partial charge is 0.418 e. The third-order valence-electron chi connectivity index (χ3n) is 4.93. The molecule has 9 heteroatoms. The third-order valence-corrected chi connectivity index (χ3v) is 11.8. The van der Waals surface area contributed by atoms with Gasteiger partial charge in [-0.15, -0.1) is 11.8 Å². The number of thioether (sulfide) groups is 1. The van der Waals surface area contributed by atoms with Crippen LogP contribution < -0.4 is 0 Å². The molecule has 1 nitrogen and oxygen atoms in total. The van der Waals surface area contributed by atoms with Gasteiger partial charge < -0.3 is 17.3 Å². The molecule has 1 atom stereocenters. The summed E-state index contributed by atoms with van der Waals surface area (Å²) in [5.74, 6) is 0. The van der Waals surface area contributed by atoms with E-state index in [0.717, 1.165) is 13.1 Å². The van der Waals surface area contributed by atoms with Crippen molar-refractivity contribution in [2.45, 2.75) is 65.1 Å². The summed E-state index contributed by atoms with van der Waals surface area (Å²) in [6, 6.07) is 0. The predicted octanol–water partition coefficient (Wildman–Crippen LogP) is 6.39. The van der Waals surface area contributed by atoms with E-state index in [2.05, 4.69) is 70.9 Å². The van der Waals surface area contributed by atoms with E-state index in [0.29, 0.717) is 5.04 Å². The zero-order valence-electron chi connectivity index (χ0n) is 17.4. The Morgan fingerprint density at radius 3 is 1.52 bits per heavy atom. The minimum atomic E-state index is -6.00. The number of allylic oxidation sites excluding steroid dienone is 2. The Hall–Kier alpha value is -0.0213. The fourth-order valence-corrected chi connectivity index (χ4v) is 10.7. The molecule has 1 unspecified atom stereocenters. The Labute approximate surface area is 157 Å². The van der Waals surface area contributed by atoms with E-state index in [9.17, 15) is 17.3 Å². The molecule has 1 rings (SSSR count). The Morgan fingerprint density at radius 1 is 0.960 bits per heavy atom. The van der Waals surface area contributed by atoms with Crippen LogP contribution in [0.2, 0.25) is 44.3 Å². The van der Waals surface area contributed by atoms with Crippen molar-refractivity contribution < 1.29 is 21.8 Å². The minimum absolute atomic E-state index is 0.355. The molecule has 0 saturated carbocycles. The van der Waals surface area contributed by atoms with Crippen molar-refractivity contribution in [3.05, 3.63) is 10.1 Å². The monoisotopic (exact) mass is 415 g/mol. The van der Waals surface area contributed by atoms with Crippen molar-refractivity contribution in [2.24, 2.45) is 0 Å². The molecule has 0 aromatic carbocycles. The van der Waals surface area contributed by atoms with Gasteiger partial charge in [-0.1, -0.05) is 39.3 Å². The lowest BCUT2D eigenvalue weighted by Crippen LogP contribution is -2.58. The van der Waals surface area contributed by atoms with Crippen LogP contribution >= 0.6 is 11.8 Å². The zero-order valence-corrected chi connectivity index (χ0v) is 20.2. The first kappa shape index (κ1) is 25.0. The lowest BCUT2D eigenvalue weighted by molar-refractivity contribution is -0.522. The Kier molecular flexibility index (Phi) is 8.33. The van der Waals surface area contributed by atoms with Gasteiger partial charge >= 0.3 is 7.25 Å². The summed E-state index contributed by atoms with van der Waals surface area (Å²) in [5, 5.41) is 2.12. The van der Waals surface area contributed by atoms with Gasteiger partial charge in [0.25, 0.3) is 0 Å². The fourth-order valence-electron chi connectivity index (χ4n) is 3.36. The molecule has 25 heavy (non-hydrogen) atoms. The number of halogens is 4. The largest absolute Gasteiger partial charge is 0.673 e. The quantitative estimate of drug-likeness (QED) is 0.286. The molecule has 0 radical (unpaired) electrons. The normalized spacial score (nSPS) is 21.6. The maximum Gasteiger partial charge on any atom is 0.673 e. The highest BCUT2D eigenvalue weighted by molar-refractivity contribution is 8.03. The molecule has 0 aromatic rings. The van der Waals surface area contributed by atoms with Gasteiger partial charge in [0, 0.05) is 10.1 Å². The fraction of sp³-hybridized carbons (Fsp3) is 0.812. The minimum Gasteiger partial charge on any atom is -0.418 e. The Bertz CT molecular complexity index is 536. The first-order valence-corrected chi connectivity index (χ1v) is 17.0. The van der Waals surface area contributed by atoms with E-state index in [1.54, 1.807) is 15.8 Å². The molecule has 0 bridgehead atoms. The van der Waals surface area contributed by atoms with Crippen molar-refractivity contribution in [3.63, 3.8) is 0 Å². The van der Waals surface area contributed by atoms with E-state index in [1.807, 2.05) is 11.8 Å². The number of hydrogen-bond donors (Lipinski definition) is 0. The van der Waals surface area contributed by atoms with Crippen molar-refractivity contribution in [1.29, 1.82) is 0 Å². The van der Waals surface area contributed by atoms with Crippen LogP contribution in [-0.2, 0) is 0 Å². The van der Waals surface area contributed by atoms with Gasteiger partial charge in [0.2, 0.25) is 0 Å². The molecule has 0 amide bonds. The van der Waals surface area contributed by atoms with Crippen LogP contribution in [0.15, 0.2) is 10.1 Å². The second-order valence-electron chi connectivity index (χ2n) is 8.55. The van der Waals surface area contributed by atoms with E-state index >= 15 is 0 Å². The molecule has 0 aromatic heterocycles. The molecule has 148 valence electrons. The van der Waals surface area contributed by atoms with E-state index in [4.69, 9.17) is 0 Å². The highest BCUT2D eigenvalue weighted by Crippen LogP contribution is 2.61. The van der Waals surface area contributed by atoms with Crippen LogP contribution in [-0.4, -0.2) is 53.0 Å². The average Bonchev–Trinajstić information content (AvgIpc) is 2.36. The van der Waals surface area contributed by atoms with Crippen LogP contribution in [0.3, 0.4) is 0 Å². The van der Waals surface area contributed by atoms with E-state index < -0.39 is 23.4 Å². The van der Waals surface area contributed by atoms with Crippen LogP contribution in [0, 0.1) is 0 Å². The molecule has 0 saturated heterocycles. The van der Waals surface area contributed by atoms with Crippen molar-refractivity contribution in [2.75, 3.05) is 19.3 Å².